The molecule has 0 bridgehead atoms. The summed E-state index contributed by atoms with van der Waals surface area (Å²) < 4.78 is 17.0. The van der Waals surface area contributed by atoms with Gasteiger partial charge in [0, 0.05) is 26.1 Å². The Labute approximate surface area is 115 Å². The Bertz CT molecular complexity index is 402. The fourth-order valence-electron chi connectivity index (χ4n) is 1.89. The predicted octanol–water partition coefficient (Wildman–Crippen LogP) is 2.38. The van der Waals surface area contributed by atoms with Crippen molar-refractivity contribution in [3.8, 4) is 11.5 Å². The molecule has 5 heteroatoms. The van der Waals surface area contributed by atoms with Gasteiger partial charge in [-0.3, -0.25) is 0 Å². The number of para-hydroxylation sites is 1. The van der Waals surface area contributed by atoms with E-state index in [1.807, 2.05) is 18.2 Å². The van der Waals surface area contributed by atoms with Crippen molar-refractivity contribution in [3.63, 3.8) is 0 Å². The molecule has 0 atom stereocenters. The van der Waals surface area contributed by atoms with Crippen molar-refractivity contribution in [1.82, 2.24) is 0 Å². The molecule has 0 spiro atoms. The highest BCUT2D eigenvalue weighted by Crippen LogP contribution is 2.36. The Hall–Kier alpha value is -0.780. The van der Waals surface area contributed by atoms with Gasteiger partial charge in [0.1, 0.15) is 12.2 Å². The third-order valence-electron chi connectivity index (χ3n) is 3.06. The molecule has 1 saturated heterocycles. The normalized spacial score (nSPS) is 18.4. The lowest BCUT2D eigenvalue weighted by molar-refractivity contribution is -0.0859. The number of rotatable bonds is 4. The second kappa shape index (κ2) is 5.91. The first-order chi connectivity index (χ1) is 8.64. The van der Waals surface area contributed by atoms with E-state index in [-0.39, 0.29) is 6.61 Å². The van der Waals surface area contributed by atoms with Crippen LogP contribution in [0, 0.1) is 0 Å². The maximum absolute atomic E-state index is 10.3. The summed E-state index contributed by atoms with van der Waals surface area (Å²) in [4.78, 5) is 0. The molecule has 0 unspecified atom stereocenters. The monoisotopic (exact) mass is 316 g/mol. The summed E-state index contributed by atoms with van der Waals surface area (Å²) in [7, 11) is 1.60. The van der Waals surface area contributed by atoms with Crippen molar-refractivity contribution in [3.05, 3.63) is 22.7 Å². The highest BCUT2D eigenvalue weighted by molar-refractivity contribution is 9.10. The summed E-state index contributed by atoms with van der Waals surface area (Å²) in [6, 6.07) is 5.58. The van der Waals surface area contributed by atoms with Crippen LogP contribution in [0.1, 0.15) is 12.8 Å². The van der Waals surface area contributed by atoms with Crippen LogP contribution in [0.2, 0.25) is 0 Å². The van der Waals surface area contributed by atoms with Crippen LogP contribution in [-0.2, 0) is 4.74 Å². The molecule has 1 aromatic carbocycles. The van der Waals surface area contributed by atoms with Crippen molar-refractivity contribution in [1.29, 1.82) is 0 Å². The standard InChI is InChI=1S/C13H17BrO4/c1-16-11-4-2-3-10(14)12(11)18-9-13(15)5-7-17-8-6-13/h2-4,15H,5-9H2,1H3. The maximum Gasteiger partial charge on any atom is 0.175 e. The van der Waals surface area contributed by atoms with Crippen LogP contribution in [0.5, 0.6) is 11.5 Å². The summed E-state index contributed by atoms with van der Waals surface area (Å²) in [5.74, 6) is 1.28. The molecular weight excluding hydrogens is 300 g/mol. The van der Waals surface area contributed by atoms with E-state index >= 15 is 0 Å². The molecule has 1 aromatic rings. The lowest BCUT2D eigenvalue weighted by Crippen LogP contribution is -2.41. The molecule has 100 valence electrons. The van der Waals surface area contributed by atoms with E-state index in [0.29, 0.717) is 37.6 Å². The molecule has 0 saturated carbocycles. The quantitative estimate of drug-likeness (QED) is 0.926. The smallest absolute Gasteiger partial charge is 0.175 e. The van der Waals surface area contributed by atoms with E-state index < -0.39 is 5.60 Å². The van der Waals surface area contributed by atoms with Gasteiger partial charge in [-0.15, -0.1) is 0 Å². The number of hydrogen-bond acceptors (Lipinski definition) is 4. The summed E-state index contributed by atoms with van der Waals surface area (Å²) in [5.41, 5.74) is -0.807. The van der Waals surface area contributed by atoms with E-state index in [1.165, 1.54) is 0 Å². The number of methoxy groups -OCH3 is 1. The SMILES string of the molecule is COc1cccc(Br)c1OCC1(O)CCOCC1. The highest BCUT2D eigenvalue weighted by atomic mass is 79.9. The van der Waals surface area contributed by atoms with Crippen LogP contribution in [0.15, 0.2) is 22.7 Å². The van der Waals surface area contributed by atoms with Crippen molar-refractivity contribution in [2.75, 3.05) is 26.9 Å². The van der Waals surface area contributed by atoms with Crippen LogP contribution < -0.4 is 9.47 Å². The molecule has 18 heavy (non-hydrogen) atoms. The van der Waals surface area contributed by atoms with Crippen LogP contribution in [0.3, 0.4) is 0 Å². The second-order valence-electron chi connectivity index (χ2n) is 4.40. The highest BCUT2D eigenvalue weighted by Gasteiger charge is 2.31. The van der Waals surface area contributed by atoms with Crippen molar-refractivity contribution < 1.29 is 19.3 Å². The van der Waals surface area contributed by atoms with Gasteiger partial charge < -0.3 is 19.3 Å². The van der Waals surface area contributed by atoms with Crippen molar-refractivity contribution in [2.45, 2.75) is 18.4 Å². The third-order valence-corrected chi connectivity index (χ3v) is 3.68. The van der Waals surface area contributed by atoms with Crippen LogP contribution in [-0.4, -0.2) is 37.6 Å². The van der Waals surface area contributed by atoms with E-state index in [2.05, 4.69) is 15.9 Å². The first-order valence-electron chi connectivity index (χ1n) is 5.90. The first-order valence-corrected chi connectivity index (χ1v) is 6.69. The van der Waals surface area contributed by atoms with Gasteiger partial charge in [0.05, 0.1) is 11.6 Å². The minimum absolute atomic E-state index is 0.245. The lowest BCUT2D eigenvalue weighted by atomic mass is 9.96. The third kappa shape index (κ3) is 3.16. The Morgan fingerprint density at radius 2 is 2.11 bits per heavy atom. The summed E-state index contributed by atoms with van der Waals surface area (Å²) in [6.07, 6.45) is 1.19. The number of hydrogen-bond donors (Lipinski definition) is 1. The number of benzene rings is 1. The van der Waals surface area contributed by atoms with Gasteiger partial charge in [0.2, 0.25) is 0 Å². The van der Waals surface area contributed by atoms with Crippen LogP contribution in [0.4, 0.5) is 0 Å². The number of halogens is 1. The summed E-state index contributed by atoms with van der Waals surface area (Å²) in [6.45, 7) is 1.40. The van der Waals surface area contributed by atoms with E-state index in [0.717, 1.165) is 4.47 Å². The minimum Gasteiger partial charge on any atom is -0.493 e. The summed E-state index contributed by atoms with van der Waals surface area (Å²) >= 11 is 3.42. The molecular formula is C13H17BrO4. The Balaban J connectivity index is 2.05. The van der Waals surface area contributed by atoms with Gasteiger partial charge in [0.15, 0.2) is 11.5 Å². The lowest BCUT2D eigenvalue weighted by Gasteiger charge is -2.31. The van der Waals surface area contributed by atoms with Crippen LogP contribution in [0.25, 0.3) is 0 Å². The van der Waals surface area contributed by atoms with Crippen LogP contribution >= 0.6 is 15.9 Å². The van der Waals surface area contributed by atoms with E-state index in [4.69, 9.17) is 14.2 Å². The molecule has 1 N–H and O–H groups in total. The number of aliphatic hydroxyl groups is 1. The van der Waals surface area contributed by atoms with Crippen molar-refractivity contribution in [2.24, 2.45) is 0 Å². The van der Waals surface area contributed by atoms with Gasteiger partial charge in [-0.05, 0) is 28.1 Å². The molecule has 0 amide bonds. The maximum atomic E-state index is 10.3. The molecule has 0 aromatic heterocycles. The minimum atomic E-state index is -0.807. The Morgan fingerprint density at radius 3 is 2.78 bits per heavy atom. The topological polar surface area (TPSA) is 47.9 Å². The molecule has 1 aliphatic heterocycles. The summed E-state index contributed by atoms with van der Waals surface area (Å²) in [5, 5.41) is 10.3. The average Bonchev–Trinajstić information content (AvgIpc) is 2.38. The Morgan fingerprint density at radius 1 is 1.39 bits per heavy atom. The van der Waals surface area contributed by atoms with Gasteiger partial charge in [-0.2, -0.15) is 0 Å². The zero-order chi connectivity index (χ0) is 13.0. The zero-order valence-electron chi connectivity index (χ0n) is 10.3. The number of ether oxygens (including phenoxy) is 3. The second-order valence-corrected chi connectivity index (χ2v) is 5.25. The van der Waals surface area contributed by atoms with Gasteiger partial charge in [0.25, 0.3) is 0 Å². The molecule has 1 heterocycles. The average molecular weight is 317 g/mol. The van der Waals surface area contributed by atoms with E-state index in [1.54, 1.807) is 7.11 Å². The fraction of sp³-hybridized carbons (Fsp3) is 0.538. The van der Waals surface area contributed by atoms with Gasteiger partial charge >= 0.3 is 0 Å². The largest absolute Gasteiger partial charge is 0.493 e. The zero-order valence-corrected chi connectivity index (χ0v) is 11.9. The first kappa shape index (κ1) is 13.6. The molecule has 2 rings (SSSR count). The molecule has 0 radical (unpaired) electrons. The molecule has 1 aliphatic rings. The fourth-order valence-corrected chi connectivity index (χ4v) is 2.35. The van der Waals surface area contributed by atoms with E-state index in [9.17, 15) is 5.11 Å². The molecule has 0 aliphatic carbocycles. The van der Waals surface area contributed by atoms with Gasteiger partial charge in [-0.1, -0.05) is 6.07 Å². The predicted molar refractivity (Wildman–Crippen MR) is 71.2 cm³/mol. The Kier molecular flexibility index (Phi) is 4.48. The molecule has 1 fully saturated rings. The van der Waals surface area contributed by atoms with Crippen molar-refractivity contribution >= 4 is 15.9 Å². The molecule has 4 nitrogen and oxygen atoms in total. The van der Waals surface area contributed by atoms with Gasteiger partial charge in [-0.25, -0.2) is 0 Å².